The van der Waals surface area contributed by atoms with Gasteiger partial charge < -0.3 is 15.5 Å². The minimum Gasteiger partial charge on any atom is -0.503 e. The monoisotopic (exact) mass is 245 g/mol. The maximum atomic E-state index is 13.0. The fourth-order valence-electron chi connectivity index (χ4n) is 1.51. The molecule has 0 amide bonds. The Labute approximate surface area is 99.1 Å². The van der Waals surface area contributed by atoms with Crippen molar-refractivity contribution in [3.63, 3.8) is 0 Å². The molecule has 1 aromatic carbocycles. The van der Waals surface area contributed by atoms with Gasteiger partial charge in [0.25, 0.3) is 0 Å². The third-order valence-electron chi connectivity index (χ3n) is 2.53. The smallest absolute Gasteiger partial charge is 0.187 e. The van der Waals surface area contributed by atoms with E-state index in [4.69, 9.17) is 10.2 Å². The molecule has 1 aromatic rings. The Kier molecular flexibility index (Phi) is 5.31. The summed E-state index contributed by atoms with van der Waals surface area (Å²) in [5.74, 6) is -2.85. The number of hydrogen-bond donors (Lipinski definition) is 3. The summed E-state index contributed by atoms with van der Waals surface area (Å²) in [5, 5.41) is 20.7. The van der Waals surface area contributed by atoms with E-state index >= 15 is 0 Å². The molecule has 5 heteroatoms. The van der Waals surface area contributed by atoms with Crippen LogP contribution in [0.25, 0.3) is 0 Å². The van der Waals surface area contributed by atoms with Gasteiger partial charge in [0.1, 0.15) is 0 Å². The number of rotatable bonds is 6. The first-order valence-corrected chi connectivity index (χ1v) is 5.55. The SMILES string of the molecule is CC(CCCO)NCc1cc(F)c(O)c(F)c1. The van der Waals surface area contributed by atoms with Crippen LogP contribution in [0.4, 0.5) is 8.78 Å². The van der Waals surface area contributed by atoms with Crippen molar-refractivity contribution in [1.82, 2.24) is 5.32 Å². The van der Waals surface area contributed by atoms with Crippen LogP contribution in [-0.4, -0.2) is 22.9 Å². The number of nitrogens with one attached hydrogen (secondary N) is 1. The molecule has 1 rings (SSSR count). The lowest BCUT2D eigenvalue weighted by atomic mass is 10.1. The molecule has 0 aromatic heterocycles. The Balaban J connectivity index is 2.52. The van der Waals surface area contributed by atoms with Gasteiger partial charge in [0.2, 0.25) is 0 Å². The van der Waals surface area contributed by atoms with E-state index in [0.29, 0.717) is 18.5 Å². The summed E-state index contributed by atoms with van der Waals surface area (Å²) in [4.78, 5) is 0. The third kappa shape index (κ3) is 4.28. The van der Waals surface area contributed by atoms with Crippen molar-refractivity contribution in [2.24, 2.45) is 0 Å². The van der Waals surface area contributed by atoms with Gasteiger partial charge >= 0.3 is 0 Å². The summed E-state index contributed by atoms with van der Waals surface area (Å²) in [6.45, 7) is 2.39. The van der Waals surface area contributed by atoms with Gasteiger partial charge in [-0.2, -0.15) is 0 Å². The van der Waals surface area contributed by atoms with E-state index in [0.717, 1.165) is 18.6 Å². The third-order valence-corrected chi connectivity index (χ3v) is 2.53. The second kappa shape index (κ2) is 6.51. The predicted molar refractivity (Wildman–Crippen MR) is 60.6 cm³/mol. The van der Waals surface area contributed by atoms with E-state index in [-0.39, 0.29) is 12.6 Å². The van der Waals surface area contributed by atoms with Crippen molar-refractivity contribution in [3.8, 4) is 5.75 Å². The molecule has 0 saturated carbocycles. The molecule has 0 spiro atoms. The van der Waals surface area contributed by atoms with Crippen LogP contribution in [0, 0.1) is 11.6 Å². The molecule has 3 N–H and O–H groups in total. The van der Waals surface area contributed by atoms with Gasteiger partial charge in [-0.15, -0.1) is 0 Å². The number of phenolic OH excluding ortho intramolecular Hbond substituents is 1. The highest BCUT2D eigenvalue weighted by Gasteiger charge is 2.10. The first kappa shape index (κ1) is 13.9. The van der Waals surface area contributed by atoms with Crippen LogP contribution in [0.5, 0.6) is 5.75 Å². The fraction of sp³-hybridized carbons (Fsp3) is 0.500. The van der Waals surface area contributed by atoms with E-state index in [1.807, 2.05) is 6.92 Å². The van der Waals surface area contributed by atoms with Crippen LogP contribution >= 0.6 is 0 Å². The van der Waals surface area contributed by atoms with Crippen LogP contribution in [0.2, 0.25) is 0 Å². The Bertz CT molecular complexity index is 349. The number of aliphatic hydroxyl groups excluding tert-OH is 1. The minimum atomic E-state index is -0.954. The standard InChI is InChI=1S/C12H17F2NO2/c1-8(3-2-4-16)15-7-9-5-10(13)12(17)11(14)6-9/h5-6,8,15-17H,2-4,7H2,1H3. The van der Waals surface area contributed by atoms with Gasteiger partial charge in [-0.1, -0.05) is 0 Å². The van der Waals surface area contributed by atoms with E-state index < -0.39 is 17.4 Å². The molecule has 96 valence electrons. The molecule has 3 nitrogen and oxygen atoms in total. The molecular weight excluding hydrogens is 228 g/mol. The van der Waals surface area contributed by atoms with Gasteiger partial charge in [0.15, 0.2) is 17.4 Å². The molecule has 0 aliphatic heterocycles. The fourth-order valence-corrected chi connectivity index (χ4v) is 1.51. The second-order valence-corrected chi connectivity index (χ2v) is 4.06. The van der Waals surface area contributed by atoms with Crippen LogP contribution in [0.3, 0.4) is 0 Å². The Morgan fingerprint density at radius 2 is 1.88 bits per heavy atom. The Hall–Kier alpha value is -1.20. The van der Waals surface area contributed by atoms with Gasteiger partial charge in [-0.25, -0.2) is 8.78 Å². The normalized spacial score (nSPS) is 12.7. The van der Waals surface area contributed by atoms with E-state index in [9.17, 15) is 8.78 Å². The zero-order valence-electron chi connectivity index (χ0n) is 9.71. The average molecular weight is 245 g/mol. The summed E-state index contributed by atoms with van der Waals surface area (Å²) in [6, 6.07) is 2.36. The van der Waals surface area contributed by atoms with Crippen molar-refractivity contribution in [1.29, 1.82) is 0 Å². The van der Waals surface area contributed by atoms with E-state index in [1.54, 1.807) is 0 Å². The maximum Gasteiger partial charge on any atom is 0.187 e. The van der Waals surface area contributed by atoms with Crippen molar-refractivity contribution < 1.29 is 19.0 Å². The predicted octanol–water partition coefficient (Wildman–Crippen LogP) is 1.92. The summed E-state index contributed by atoms with van der Waals surface area (Å²) in [5.41, 5.74) is 0.439. The zero-order valence-corrected chi connectivity index (χ0v) is 9.71. The maximum absolute atomic E-state index is 13.0. The molecule has 0 radical (unpaired) electrons. The zero-order chi connectivity index (χ0) is 12.8. The molecule has 0 fully saturated rings. The van der Waals surface area contributed by atoms with Gasteiger partial charge in [-0.05, 0) is 37.5 Å². The van der Waals surface area contributed by atoms with Crippen molar-refractivity contribution in [2.45, 2.75) is 32.4 Å². The first-order valence-electron chi connectivity index (χ1n) is 5.55. The highest BCUT2D eigenvalue weighted by atomic mass is 19.1. The molecule has 0 aliphatic carbocycles. The van der Waals surface area contributed by atoms with Crippen LogP contribution < -0.4 is 5.32 Å². The number of halogens is 2. The van der Waals surface area contributed by atoms with Crippen molar-refractivity contribution in [3.05, 3.63) is 29.3 Å². The number of aromatic hydroxyl groups is 1. The molecule has 0 saturated heterocycles. The lowest BCUT2D eigenvalue weighted by Gasteiger charge is -2.13. The van der Waals surface area contributed by atoms with Crippen LogP contribution in [-0.2, 0) is 6.54 Å². The summed E-state index contributed by atoms with van der Waals surface area (Å²) >= 11 is 0. The summed E-state index contributed by atoms with van der Waals surface area (Å²) in [6.07, 6.45) is 1.48. The quantitative estimate of drug-likeness (QED) is 0.717. The molecule has 17 heavy (non-hydrogen) atoms. The van der Waals surface area contributed by atoms with Gasteiger partial charge in [-0.3, -0.25) is 0 Å². The Morgan fingerprint density at radius 3 is 2.41 bits per heavy atom. The van der Waals surface area contributed by atoms with Crippen molar-refractivity contribution >= 4 is 0 Å². The number of benzene rings is 1. The van der Waals surface area contributed by atoms with E-state index in [2.05, 4.69) is 5.32 Å². The highest BCUT2D eigenvalue weighted by molar-refractivity contribution is 5.29. The molecule has 0 aliphatic rings. The first-order chi connectivity index (χ1) is 8.04. The van der Waals surface area contributed by atoms with Gasteiger partial charge in [0.05, 0.1) is 0 Å². The molecule has 0 heterocycles. The lowest BCUT2D eigenvalue weighted by Crippen LogP contribution is -2.25. The van der Waals surface area contributed by atoms with E-state index in [1.165, 1.54) is 0 Å². The molecular formula is C12H17F2NO2. The molecule has 0 bridgehead atoms. The topological polar surface area (TPSA) is 52.5 Å². The van der Waals surface area contributed by atoms with Crippen molar-refractivity contribution in [2.75, 3.05) is 6.61 Å². The molecule has 1 unspecified atom stereocenters. The number of hydrogen-bond acceptors (Lipinski definition) is 3. The van der Waals surface area contributed by atoms with Gasteiger partial charge in [0, 0.05) is 19.2 Å². The second-order valence-electron chi connectivity index (χ2n) is 4.06. The Morgan fingerprint density at radius 1 is 1.29 bits per heavy atom. The van der Waals surface area contributed by atoms with Crippen LogP contribution in [0.1, 0.15) is 25.3 Å². The average Bonchev–Trinajstić information content (AvgIpc) is 2.30. The number of phenols is 1. The largest absolute Gasteiger partial charge is 0.503 e. The minimum absolute atomic E-state index is 0.133. The van der Waals surface area contributed by atoms with Crippen LogP contribution in [0.15, 0.2) is 12.1 Å². The summed E-state index contributed by atoms with van der Waals surface area (Å²) in [7, 11) is 0. The lowest BCUT2D eigenvalue weighted by molar-refractivity contribution is 0.276. The highest BCUT2D eigenvalue weighted by Crippen LogP contribution is 2.21. The summed E-state index contributed by atoms with van der Waals surface area (Å²) < 4.78 is 26.0. The number of aliphatic hydroxyl groups is 1. The molecule has 1 atom stereocenters.